The van der Waals surface area contributed by atoms with Crippen LogP contribution in [0.1, 0.15) is 51.6 Å². The number of nitrogens with zero attached hydrogens (tertiary/aromatic N) is 1. The van der Waals surface area contributed by atoms with Gasteiger partial charge in [-0.3, -0.25) is 15.1 Å². The minimum absolute atomic E-state index is 0.146. The predicted octanol–water partition coefficient (Wildman–Crippen LogP) is 2.62. The third-order valence-electron chi connectivity index (χ3n) is 3.76. The van der Waals surface area contributed by atoms with Crippen molar-refractivity contribution in [3.63, 3.8) is 0 Å². The molecule has 0 aliphatic carbocycles. The summed E-state index contributed by atoms with van der Waals surface area (Å²) in [5.74, 6) is 5.25. The van der Waals surface area contributed by atoms with Gasteiger partial charge in [0.2, 0.25) is 0 Å². The third-order valence-corrected chi connectivity index (χ3v) is 3.76. The Morgan fingerprint density at radius 2 is 1.95 bits per heavy atom. The predicted molar refractivity (Wildman–Crippen MR) is 82.9 cm³/mol. The van der Waals surface area contributed by atoms with Crippen LogP contribution in [-0.4, -0.2) is 23.4 Å². The van der Waals surface area contributed by atoms with Gasteiger partial charge in [-0.15, -0.1) is 0 Å². The topological polar surface area (TPSA) is 58.4 Å². The van der Waals surface area contributed by atoms with Gasteiger partial charge in [-0.25, -0.2) is 5.84 Å². The molecule has 0 bridgehead atoms. The zero-order valence-corrected chi connectivity index (χ0v) is 12.8. The van der Waals surface area contributed by atoms with Gasteiger partial charge in [-0.1, -0.05) is 50.6 Å². The zero-order chi connectivity index (χ0) is 15.0. The SMILES string of the molecule is CCCCN(C(C)CC)C(C(=O)NN)c1ccccc1. The Labute approximate surface area is 122 Å². The smallest absolute Gasteiger partial charge is 0.255 e. The Balaban J connectivity index is 3.07. The molecule has 0 spiro atoms. The third kappa shape index (κ3) is 4.32. The van der Waals surface area contributed by atoms with Gasteiger partial charge in [0, 0.05) is 6.04 Å². The monoisotopic (exact) mass is 277 g/mol. The molecule has 0 radical (unpaired) electrons. The number of nitrogens with one attached hydrogen (secondary N) is 1. The van der Waals surface area contributed by atoms with Crippen LogP contribution < -0.4 is 11.3 Å². The first kappa shape index (κ1) is 16.7. The van der Waals surface area contributed by atoms with Crippen LogP contribution in [0.2, 0.25) is 0 Å². The Bertz CT molecular complexity index is 394. The molecule has 1 aromatic rings. The lowest BCUT2D eigenvalue weighted by Crippen LogP contribution is -2.46. The Hall–Kier alpha value is -1.39. The summed E-state index contributed by atoms with van der Waals surface area (Å²) in [4.78, 5) is 14.5. The molecule has 1 aromatic carbocycles. The van der Waals surface area contributed by atoms with E-state index in [0.29, 0.717) is 6.04 Å². The van der Waals surface area contributed by atoms with Gasteiger partial charge in [0.15, 0.2) is 0 Å². The van der Waals surface area contributed by atoms with E-state index in [-0.39, 0.29) is 11.9 Å². The largest absolute Gasteiger partial charge is 0.293 e. The van der Waals surface area contributed by atoms with Crippen molar-refractivity contribution in [2.45, 2.75) is 52.1 Å². The van der Waals surface area contributed by atoms with Gasteiger partial charge in [-0.05, 0) is 31.9 Å². The maximum Gasteiger partial charge on any atom is 0.255 e. The summed E-state index contributed by atoms with van der Waals surface area (Å²) < 4.78 is 0. The average Bonchev–Trinajstić information content (AvgIpc) is 2.50. The number of hydrazine groups is 1. The molecule has 0 saturated heterocycles. The van der Waals surface area contributed by atoms with Crippen LogP contribution in [0, 0.1) is 0 Å². The van der Waals surface area contributed by atoms with Crippen LogP contribution in [-0.2, 0) is 4.79 Å². The summed E-state index contributed by atoms with van der Waals surface area (Å²) in [6.07, 6.45) is 3.19. The summed E-state index contributed by atoms with van der Waals surface area (Å²) in [6, 6.07) is 9.87. The summed E-state index contributed by atoms with van der Waals surface area (Å²) in [7, 11) is 0. The second kappa shape index (κ2) is 8.72. The van der Waals surface area contributed by atoms with Gasteiger partial charge in [0.05, 0.1) is 0 Å². The molecule has 1 amide bonds. The van der Waals surface area contributed by atoms with E-state index >= 15 is 0 Å². The molecule has 0 heterocycles. The highest BCUT2D eigenvalue weighted by Gasteiger charge is 2.29. The lowest BCUT2D eigenvalue weighted by Gasteiger charge is -2.35. The molecule has 0 saturated carbocycles. The molecule has 0 fully saturated rings. The second-order valence-corrected chi connectivity index (χ2v) is 5.17. The molecule has 112 valence electrons. The fraction of sp³-hybridized carbons (Fsp3) is 0.562. The standard InChI is InChI=1S/C16H27N3O/c1-4-6-12-19(13(3)5-2)15(16(20)18-17)14-10-8-7-9-11-14/h7-11,13,15H,4-6,12,17H2,1-3H3,(H,18,20). The molecule has 4 heteroatoms. The molecule has 2 unspecified atom stereocenters. The maximum absolute atomic E-state index is 12.3. The fourth-order valence-corrected chi connectivity index (χ4v) is 2.39. The van der Waals surface area contributed by atoms with Crippen molar-refractivity contribution in [1.29, 1.82) is 0 Å². The highest BCUT2D eigenvalue weighted by Crippen LogP contribution is 2.24. The highest BCUT2D eigenvalue weighted by atomic mass is 16.2. The van der Waals surface area contributed by atoms with Gasteiger partial charge < -0.3 is 0 Å². The number of amides is 1. The van der Waals surface area contributed by atoms with Crippen molar-refractivity contribution in [3.05, 3.63) is 35.9 Å². The molecule has 0 aliphatic heterocycles. The number of unbranched alkanes of at least 4 members (excludes halogenated alkanes) is 1. The number of hydrogen-bond acceptors (Lipinski definition) is 3. The molecule has 4 nitrogen and oxygen atoms in total. The molecule has 1 rings (SSSR count). The van der Waals surface area contributed by atoms with Gasteiger partial charge in [0.1, 0.15) is 6.04 Å². The van der Waals surface area contributed by atoms with Crippen LogP contribution in [0.15, 0.2) is 30.3 Å². The average molecular weight is 277 g/mol. The van der Waals surface area contributed by atoms with Crippen LogP contribution in [0.4, 0.5) is 0 Å². The highest BCUT2D eigenvalue weighted by molar-refractivity contribution is 5.82. The Morgan fingerprint density at radius 1 is 1.30 bits per heavy atom. The summed E-state index contributed by atoms with van der Waals surface area (Å²) in [5.41, 5.74) is 3.31. The number of carbonyl (C=O) groups excluding carboxylic acids is 1. The summed E-state index contributed by atoms with van der Waals surface area (Å²) in [5, 5.41) is 0. The van der Waals surface area contributed by atoms with Crippen LogP contribution in [0.3, 0.4) is 0 Å². The first-order valence-electron chi connectivity index (χ1n) is 7.46. The molecule has 20 heavy (non-hydrogen) atoms. The van der Waals surface area contributed by atoms with Gasteiger partial charge in [0.25, 0.3) is 5.91 Å². The van der Waals surface area contributed by atoms with E-state index < -0.39 is 0 Å². The van der Waals surface area contributed by atoms with E-state index in [4.69, 9.17) is 5.84 Å². The number of rotatable bonds is 8. The second-order valence-electron chi connectivity index (χ2n) is 5.17. The zero-order valence-electron chi connectivity index (χ0n) is 12.8. The van der Waals surface area contributed by atoms with Gasteiger partial charge >= 0.3 is 0 Å². The van der Waals surface area contributed by atoms with Gasteiger partial charge in [-0.2, -0.15) is 0 Å². The maximum atomic E-state index is 12.3. The molecule has 0 aromatic heterocycles. The normalized spacial score (nSPS) is 14.1. The van der Waals surface area contributed by atoms with E-state index in [1.165, 1.54) is 0 Å². The summed E-state index contributed by atoms with van der Waals surface area (Å²) >= 11 is 0. The fourth-order valence-electron chi connectivity index (χ4n) is 2.39. The Morgan fingerprint density at radius 3 is 2.45 bits per heavy atom. The summed E-state index contributed by atoms with van der Waals surface area (Å²) in [6.45, 7) is 7.37. The van der Waals surface area contributed by atoms with Crippen LogP contribution >= 0.6 is 0 Å². The van der Waals surface area contributed by atoms with Crippen LogP contribution in [0.5, 0.6) is 0 Å². The number of benzene rings is 1. The minimum atomic E-state index is -0.317. The molecular weight excluding hydrogens is 250 g/mol. The Kier molecular flexibility index (Phi) is 7.26. The van der Waals surface area contributed by atoms with E-state index in [0.717, 1.165) is 31.4 Å². The van der Waals surface area contributed by atoms with Crippen molar-refractivity contribution < 1.29 is 4.79 Å². The molecule has 3 N–H and O–H groups in total. The van der Waals surface area contributed by atoms with Crippen molar-refractivity contribution >= 4 is 5.91 Å². The number of nitrogens with two attached hydrogens (primary N) is 1. The van der Waals surface area contributed by atoms with E-state index in [1.54, 1.807) is 0 Å². The minimum Gasteiger partial charge on any atom is -0.293 e. The molecular formula is C16H27N3O. The molecule has 2 atom stereocenters. The van der Waals surface area contributed by atoms with Crippen molar-refractivity contribution in [3.8, 4) is 0 Å². The van der Waals surface area contributed by atoms with Crippen LogP contribution in [0.25, 0.3) is 0 Å². The number of hydrogen-bond donors (Lipinski definition) is 2. The van der Waals surface area contributed by atoms with Crippen molar-refractivity contribution in [2.75, 3.05) is 6.54 Å². The quantitative estimate of drug-likeness (QED) is 0.436. The first-order chi connectivity index (χ1) is 9.65. The first-order valence-corrected chi connectivity index (χ1v) is 7.46. The number of carbonyl (C=O) groups is 1. The lowest BCUT2D eigenvalue weighted by molar-refractivity contribution is -0.127. The van der Waals surface area contributed by atoms with E-state index in [1.807, 2.05) is 30.3 Å². The lowest BCUT2D eigenvalue weighted by atomic mass is 10.0. The van der Waals surface area contributed by atoms with E-state index in [9.17, 15) is 4.79 Å². The van der Waals surface area contributed by atoms with Crippen molar-refractivity contribution in [1.82, 2.24) is 10.3 Å². The van der Waals surface area contributed by atoms with E-state index in [2.05, 4.69) is 31.1 Å². The van der Waals surface area contributed by atoms with Crippen molar-refractivity contribution in [2.24, 2.45) is 5.84 Å². The molecule has 0 aliphatic rings.